The number of carbonyl (C=O) groups is 2. The maximum absolute atomic E-state index is 12.6. The van der Waals surface area contributed by atoms with Gasteiger partial charge in [0, 0.05) is 0 Å². The summed E-state index contributed by atoms with van der Waals surface area (Å²) in [5.41, 5.74) is -1.69. The van der Waals surface area contributed by atoms with Crippen LogP contribution in [0.25, 0.3) is 0 Å². The molecule has 9 heteroatoms. The molecule has 0 aliphatic carbocycles. The van der Waals surface area contributed by atoms with Gasteiger partial charge in [-0.3, -0.25) is 9.59 Å². The maximum atomic E-state index is 12.6. The Morgan fingerprint density at radius 1 is 1.00 bits per heavy atom. The van der Waals surface area contributed by atoms with Crippen LogP contribution in [-0.4, -0.2) is 59.5 Å². The Morgan fingerprint density at radius 2 is 1.52 bits per heavy atom. The van der Waals surface area contributed by atoms with Crippen molar-refractivity contribution in [1.82, 2.24) is 0 Å². The van der Waals surface area contributed by atoms with Crippen LogP contribution in [0.2, 0.25) is 0 Å². The van der Waals surface area contributed by atoms with Gasteiger partial charge in [0.2, 0.25) is 6.29 Å². The van der Waals surface area contributed by atoms with Crippen LogP contribution in [0.3, 0.4) is 0 Å². The molecule has 0 unspecified atom stereocenters. The van der Waals surface area contributed by atoms with Gasteiger partial charge >= 0.3 is 11.9 Å². The Morgan fingerprint density at radius 3 is 1.96 bits per heavy atom. The topological polar surface area (TPSA) is 112 Å². The van der Waals surface area contributed by atoms with E-state index in [1.54, 1.807) is 41.5 Å². The van der Waals surface area contributed by atoms with Crippen molar-refractivity contribution < 1.29 is 43.5 Å². The molecule has 1 aliphatic heterocycles. The van der Waals surface area contributed by atoms with Crippen molar-refractivity contribution in [3.05, 3.63) is 0 Å². The van der Waals surface area contributed by atoms with Gasteiger partial charge in [0.05, 0.1) is 10.8 Å². The number of esters is 2. The molecule has 0 aromatic heterocycles. The highest BCUT2D eigenvalue weighted by Gasteiger charge is 2.49. The summed E-state index contributed by atoms with van der Waals surface area (Å²) in [6.45, 7) is 9.24. The standard InChI is InChI=1S/C16H27FO8/c1-15(2,3)13(20)22-7-8-9(18)11(10(19)12(23-8)25-17)24-14(21)16(4,5)6/h8-12,18-19H,7H2,1-6H3/t8-,9-,10+,11+,12+/m1/s1. The van der Waals surface area contributed by atoms with Crippen molar-refractivity contribution in [2.75, 3.05) is 6.61 Å². The van der Waals surface area contributed by atoms with Crippen LogP contribution in [-0.2, 0) is 28.7 Å². The lowest BCUT2D eigenvalue weighted by molar-refractivity contribution is -0.362. The Hall–Kier alpha value is -1.29. The molecule has 2 N–H and O–H groups in total. The van der Waals surface area contributed by atoms with Crippen LogP contribution in [0.1, 0.15) is 41.5 Å². The van der Waals surface area contributed by atoms with Gasteiger partial charge in [-0.15, -0.1) is 0 Å². The minimum Gasteiger partial charge on any atom is -0.462 e. The molecular formula is C16H27FO8. The average molecular weight is 366 g/mol. The smallest absolute Gasteiger partial charge is 0.311 e. The van der Waals surface area contributed by atoms with E-state index in [1.165, 1.54) is 0 Å². The SMILES string of the molecule is CC(C)(C)C(=O)OC[C@H]1O[C@@H](OF)[C@@H](O)[C@@H](OC(=O)C(C)(C)C)[C@@H]1O. The van der Waals surface area contributed by atoms with Gasteiger partial charge in [-0.2, -0.15) is 4.94 Å². The molecule has 0 aromatic rings. The summed E-state index contributed by atoms with van der Waals surface area (Å²) in [6.07, 6.45) is -7.83. The van der Waals surface area contributed by atoms with Gasteiger partial charge < -0.3 is 24.4 Å². The lowest BCUT2D eigenvalue weighted by Gasteiger charge is -2.40. The van der Waals surface area contributed by atoms with E-state index in [-0.39, 0.29) is 0 Å². The van der Waals surface area contributed by atoms with Gasteiger partial charge in [0.1, 0.15) is 24.9 Å². The molecule has 1 heterocycles. The quantitative estimate of drug-likeness (QED) is 0.706. The van der Waals surface area contributed by atoms with Crippen LogP contribution in [0.15, 0.2) is 0 Å². The van der Waals surface area contributed by atoms with E-state index in [2.05, 4.69) is 4.94 Å². The first kappa shape index (κ1) is 21.8. The monoisotopic (exact) mass is 366 g/mol. The molecule has 0 radical (unpaired) electrons. The lowest BCUT2D eigenvalue weighted by Crippen LogP contribution is -2.60. The number of hydrogen-bond donors (Lipinski definition) is 2. The molecule has 1 saturated heterocycles. The van der Waals surface area contributed by atoms with Crippen molar-refractivity contribution in [2.24, 2.45) is 10.8 Å². The third kappa shape index (κ3) is 5.60. The molecular weight excluding hydrogens is 339 g/mol. The van der Waals surface area contributed by atoms with E-state index in [1.807, 2.05) is 0 Å². The highest BCUT2D eigenvalue weighted by atomic mass is 19.3. The van der Waals surface area contributed by atoms with E-state index in [4.69, 9.17) is 14.2 Å². The van der Waals surface area contributed by atoms with Crippen LogP contribution >= 0.6 is 0 Å². The minimum atomic E-state index is -1.79. The van der Waals surface area contributed by atoms with Crippen LogP contribution in [0.5, 0.6) is 0 Å². The normalized spacial score (nSPS) is 30.7. The summed E-state index contributed by atoms with van der Waals surface area (Å²) >= 11 is 0. The summed E-state index contributed by atoms with van der Waals surface area (Å²) in [4.78, 5) is 27.4. The average Bonchev–Trinajstić information content (AvgIpc) is 2.48. The largest absolute Gasteiger partial charge is 0.462 e. The second-order valence-corrected chi connectivity index (χ2v) is 8.08. The van der Waals surface area contributed by atoms with Gasteiger partial charge in [0.25, 0.3) is 0 Å². The third-order valence-corrected chi connectivity index (χ3v) is 3.58. The van der Waals surface area contributed by atoms with E-state index in [0.29, 0.717) is 0 Å². The summed E-state index contributed by atoms with van der Waals surface area (Å²) in [7, 11) is 0. The molecule has 25 heavy (non-hydrogen) atoms. The number of aliphatic hydroxyl groups excluding tert-OH is 2. The highest BCUT2D eigenvalue weighted by molar-refractivity contribution is 5.76. The van der Waals surface area contributed by atoms with Gasteiger partial charge in [-0.1, -0.05) is 0 Å². The summed E-state index contributed by atoms with van der Waals surface area (Å²) in [6, 6.07) is 0. The van der Waals surface area contributed by atoms with Crippen LogP contribution in [0, 0.1) is 10.8 Å². The predicted octanol–water partition coefficient (Wildman–Crippen LogP) is 0.881. The molecule has 8 nitrogen and oxygen atoms in total. The van der Waals surface area contributed by atoms with Crippen molar-refractivity contribution in [2.45, 2.75) is 72.2 Å². The fraction of sp³-hybridized carbons (Fsp3) is 0.875. The Kier molecular flexibility index (Phi) is 6.91. The number of carbonyl (C=O) groups excluding carboxylic acids is 2. The summed E-state index contributed by atoms with van der Waals surface area (Å²) in [5.74, 6) is -1.27. The molecule has 0 amide bonds. The third-order valence-electron chi connectivity index (χ3n) is 3.58. The number of ether oxygens (including phenoxy) is 3. The molecule has 0 aromatic carbocycles. The van der Waals surface area contributed by atoms with Gasteiger partial charge in [0.15, 0.2) is 6.10 Å². The molecule has 146 valence electrons. The Labute approximate surface area is 146 Å². The fourth-order valence-corrected chi connectivity index (χ4v) is 1.93. The molecule has 0 bridgehead atoms. The first-order chi connectivity index (χ1) is 11.3. The Bertz CT molecular complexity index is 482. The predicted molar refractivity (Wildman–Crippen MR) is 82.6 cm³/mol. The lowest BCUT2D eigenvalue weighted by atomic mass is 9.95. The van der Waals surface area contributed by atoms with E-state index in [0.717, 1.165) is 0 Å². The number of rotatable bonds is 4. The second-order valence-electron chi connectivity index (χ2n) is 8.08. The zero-order chi connectivity index (χ0) is 19.6. The number of hydrogen-bond acceptors (Lipinski definition) is 8. The van der Waals surface area contributed by atoms with Gasteiger partial charge in [-0.25, -0.2) is 0 Å². The van der Waals surface area contributed by atoms with E-state index in [9.17, 15) is 24.3 Å². The maximum Gasteiger partial charge on any atom is 0.311 e. The van der Waals surface area contributed by atoms with Gasteiger partial charge in [-0.05, 0) is 46.1 Å². The zero-order valence-corrected chi connectivity index (χ0v) is 15.3. The van der Waals surface area contributed by atoms with Crippen molar-refractivity contribution in [1.29, 1.82) is 0 Å². The highest BCUT2D eigenvalue weighted by Crippen LogP contribution is 2.28. The second kappa shape index (κ2) is 7.94. The summed E-state index contributed by atoms with van der Waals surface area (Å²) in [5, 5.41) is 20.3. The van der Waals surface area contributed by atoms with Crippen molar-refractivity contribution in [3.63, 3.8) is 0 Å². The van der Waals surface area contributed by atoms with Crippen molar-refractivity contribution >= 4 is 11.9 Å². The van der Waals surface area contributed by atoms with E-state index < -0.39 is 60.1 Å². The molecule has 1 rings (SSSR count). The zero-order valence-electron chi connectivity index (χ0n) is 15.3. The molecule has 0 saturated carbocycles. The summed E-state index contributed by atoms with van der Waals surface area (Å²) < 4.78 is 27.9. The Balaban J connectivity index is 2.87. The molecule has 1 fully saturated rings. The number of aliphatic hydroxyl groups is 2. The van der Waals surface area contributed by atoms with Crippen LogP contribution < -0.4 is 0 Å². The first-order valence-electron chi connectivity index (χ1n) is 7.96. The molecule has 0 spiro atoms. The number of halogens is 1. The van der Waals surface area contributed by atoms with Crippen LogP contribution in [0.4, 0.5) is 4.53 Å². The first-order valence-corrected chi connectivity index (χ1v) is 7.96. The minimum absolute atomic E-state index is 0.423. The van der Waals surface area contributed by atoms with Crippen molar-refractivity contribution in [3.8, 4) is 0 Å². The molecule has 5 atom stereocenters. The van der Waals surface area contributed by atoms with E-state index >= 15 is 0 Å². The molecule has 1 aliphatic rings. The fourth-order valence-electron chi connectivity index (χ4n) is 1.93.